The Balaban J connectivity index is 1.52. The summed E-state index contributed by atoms with van der Waals surface area (Å²) < 4.78 is 2.50. The van der Waals surface area contributed by atoms with E-state index in [1.165, 1.54) is 58.9 Å². The van der Waals surface area contributed by atoms with Gasteiger partial charge < -0.3 is 0 Å². The van der Waals surface area contributed by atoms with Crippen LogP contribution in [0.2, 0.25) is 5.02 Å². The van der Waals surface area contributed by atoms with E-state index in [9.17, 15) is 0 Å². The van der Waals surface area contributed by atoms with Gasteiger partial charge in [-0.1, -0.05) is 103 Å². The van der Waals surface area contributed by atoms with E-state index in [-0.39, 0.29) is 0 Å². The van der Waals surface area contributed by atoms with Crippen molar-refractivity contribution in [3.05, 3.63) is 132 Å². The van der Waals surface area contributed by atoms with Crippen LogP contribution in [0.1, 0.15) is 0 Å². The fraction of sp³-hybridized carbons (Fsp3) is 0. The molecule has 0 spiro atoms. The van der Waals surface area contributed by atoms with Crippen LogP contribution in [-0.2, 0) is 0 Å². The third kappa shape index (κ3) is 3.60. The Morgan fingerprint density at radius 2 is 1.03 bits per heavy atom. The number of halogens is 1. The summed E-state index contributed by atoms with van der Waals surface area (Å²) >= 11 is 8.68. The van der Waals surface area contributed by atoms with Crippen LogP contribution >= 0.6 is 22.9 Å². The van der Waals surface area contributed by atoms with Gasteiger partial charge in [0, 0.05) is 25.2 Å². The minimum Gasteiger partial charge on any atom is -0.134 e. The van der Waals surface area contributed by atoms with Gasteiger partial charge in [-0.2, -0.15) is 0 Å². The molecule has 1 heterocycles. The molecule has 0 aliphatic heterocycles. The van der Waals surface area contributed by atoms with Crippen LogP contribution in [0, 0.1) is 0 Å². The molecule has 0 nitrogen and oxygen atoms in total. The topological polar surface area (TPSA) is 0 Å². The highest BCUT2D eigenvalue weighted by atomic mass is 35.5. The average Bonchev–Trinajstić information content (AvgIpc) is 3.31. The predicted octanol–water partition coefficient (Wildman–Crippen LogP) is 10.9. The Kier molecular flexibility index (Phi) is 5.13. The molecule has 2 heteroatoms. The SMILES string of the molecule is Clc1ccc(-c2cc(-c3ccccc3)cc(-c3ccccc3)c2)c2sc3cc4ccccc4cc3c12. The minimum atomic E-state index is 0.803. The van der Waals surface area contributed by atoms with Crippen LogP contribution < -0.4 is 0 Å². The zero-order valence-corrected chi connectivity index (χ0v) is 21.0. The molecule has 6 aromatic carbocycles. The van der Waals surface area contributed by atoms with Crippen LogP contribution in [0.5, 0.6) is 0 Å². The molecule has 7 aromatic rings. The monoisotopic (exact) mass is 496 g/mol. The highest BCUT2D eigenvalue weighted by Crippen LogP contribution is 2.45. The summed E-state index contributed by atoms with van der Waals surface area (Å²) in [6.07, 6.45) is 0. The van der Waals surface area contributed by atoms with Gasteiger partial charge in [0.2, 0.25) is 0 Å². The fourth-order valence-electron chi connectivity index (χ4n) is 5.13. The Morgan fingerprint density at radius 1 is 0.472 bits per heavy atom. The average molecular weight is 497 g/mol. The maximum Gasteiger partial charge on any atom is 0.0499 e. The number of hydrogen-bond donors (Lipinski definition) is 0. The number of thiophene rings is 1. The van der Waals surface area contributed by atoms with Crippen LogP contribution in [-0.4, -0.2) is 0 Å². The van der Waals surface area contributed by atoms with Crippen molar-refractivity contribution in [1.82, 2.24) is 0 Å². The van der Waals surface area contributed by atoms with Crippen molar-refractivity contribution in [2.75, 3.05) is 0 Å². The van der Waals surface area contributed by atoms with E-state index in [4.69, 9.17) is 11.6 Å². The molecule has 170 valence electrons. The van der Waals surface area contributed by atoms with Crippen LogP contribution in [0.25, 0.3) is 64.3 Å². The summed E-state index contributed by atoms with van der Waals surface area (Å²) in [4.78, 5) is 0. The third-order valence-corrected chi connectivity index (χ3v) is 8.40. The van der Waals surface area contributed by atoms with E-state index < -0.39 is 0 Å². The van der Waals surface area contributed by atoms with E-state index in [2.05, 4.69) is 127 Å². The molecular weight excluding hydrogens is 476 g/mol. The van der Waals surface area contributed by atoms with Gasteiger partial charge in [0.05, 0.1) is 0 Å². The first-order valence-electron chi connectivity index (χ1n) is 12.0. The molecule has 0 radical (unpaired) electrons. The largest absolute Gasteiger partial charge is 0.134 e. The summed E-state index contributed by atoms with van der Waals surface area (Å²) in [5, 5.41) is 5.67. The van der Waals surface area contributed by atoms with Crippen molar-refractivity contribution in [2.24, 2.45) is 0 Å². The second kappa shape index (κ2) is 8.64. The first-order valence-corrected chi connectivity index (χ1v) is 13.2. The number of rotatable bonds is 3. The first-order chi connectivity index (χ1) is 17.7. The number of fused-ring (bicyclic) bond motifs is 4. The zero-order chi connectivity index (χ0) is 24.1. The fourth-order valence-corrected chi connectivity index (χ4v) is 6.74. The molecule has 0 aliphatic carbocycles. The van der Waals surface area contributed by atoms with E-state index in [0.29, 0.717) is 0 Å². The van der Waals surface area contributed by atoms with Crippen LogP contribution in [0.15, 0.2) is 127 Å². The van der Waals surface area contributed by atoms with Crippen molar-refractivity contribution >= 4 is 53.9 Å². The van der Waals surface area contributed by atoms with Gasteiger partial charge >= 0.3 is 0 Å². The molecule has 1 aromatic heterocycles. The van der Waals surface area contributed by atoms with Gasteiger partial charge in [-0.25, -0.2) is 0 Å². The molecule has 0 saturated heterocycles. The molecule has 0 N–H and O–H groups in total. The van der Waals surface area contributed by atoms with E-state index in [0.717, 1.165) is 10.4 Å². The van der Waals surface area contributed by atoms with E-state index in [1.807, 2.05) is 11.3 Å². The van der Waals surface area contributed by atoms with Crippen molar-refractivity contribution < 1.29 is 0 Å². The van der Waals surface area contributed by atoms with Gasteiger partial charge in [-0.05, 0) is 80.6 Å². The van der Waals surface area contributed by atoms with Gasteiger partial charge in [0.1, 0.15) is 0 Å². The normalized spacial score (nSPS) is 11.5. The second-order valence-corrected chi connectivity index (χ2v) is 10.6. The third-order valence-electron chi connectivity index (χ3n) is 6.89. The lowest BCUT2D eigenvalue weighted by molar-refractivity contribution is 1.58. The van der Waals surface area contributed by atoms with Gasteiger partial charge in [-0.3, -0.25) is 0 Å². The van der Waals surface area contributed by atoms with Crippen LogP contribution in [0.4, 0.5) is 0 Å². The maximum atomic E-state index is 6.85. The van der Waals surface area contributed by atoms with Gasteiger partial charge in [0.25, 0.3) is 0 Å². The highest BCUT2D eigenvalue weighted by molar-refractivity contribution is 7.26. The summed E-state index contributed by atoms with van der Waals surface area (Å²) in [5.41, 5.74) is 7.26. The lowest BCUT2D eigenvalue weighted by Crippen LogP contribution is -1.86. The minimum absolute atomic E-state index is 0.803. The smallest absolute Gasteiger partial charge is 0.0499 e. The lowest BCUT2D eigenvalue weighted by Gasteiger charge is -2.12. The molecule has 7 rings (SSSR count). The van der Waals surface area contributed by atoms with E-state index in [1.54, 1.807) is 0 Å². The lowest BCUT2D eigenvalue weighted by atomic mass is 9.93. The van der Waals surface area contributed by atoms with Crippen molar-refractivity contribution in [2.45, 2.75) is 0 Å². The number of hydrogen-bond acceptors (Lipinski definition) is 1. The summed E-state index contributed by atoms with van der Waals surface area (Å²) in [7, 11) is 0. The van der Waals surface area contributed by atoms with Crippen molar-refractivity contribution in [1.29, 1.82) is 0 Å². The maximum absolute atomic E-state index is 6.85. The second-order valence-electron chi connectivity index (χ2n) is 9.13. The van der Waals surface area contributed by atoms with E-state index >= 15 is 0 Å². The Morgan fingerprint density at radius 3 is 1.67 bits per heavy atom. The molecule has 0 fully saturated rings. The van der Waals surface area contributed by atoms with Gasteiger partial charge in [0.15, 0.2) is 0 Å². The number of benzene rings is 6. The molecule has 0 saturated carbocycles. The first kappa shape index (κ1) is 21.4. The van der Waals surface area contributed by atoms with Crippen molar-refractivity contribution in [3.8, 4) is 33.4 Å². The Hall–Kier alpha value is -3.91. The zero-order valence-electron chi connectivity index (χ0n) is 19.4. The molecule has 0 bridgehead atoms. The quantitative estimate of drug-likeness (QED) is 0.228. The molecule has 0 amide bonds. The molecule has 0 atom stereocenters. The molecule has 0 aliphatic rings. The highest BCUT2D eigenvalue weighted by Gasteiger charge is 2.16. The summed E-state index contributed by atoms with van der Waals surface area (Å²) in [6, 6.07) is 45.5. The summed E-state index contributed by atoms with van der Waals surface area (Å²) in [5.74, 6) is 0. The molecular formula is C34H21ClS. The molecule has 36 heavy (non-hydrogen) atoms. The predicted molar refractivity (Wildman–Crippen MR) is 158 cm³/mol. The molecule has 0 unspecified atom stereocenters. The standard InChI is InChI=1S/C34H21ClS/c35-31-16-15-29(34-33(31)30-20-24-13-7-8-14-25(24)21-32(30)36-34)28-18-26(22-9-3-1-4-10-22)17-27(19-28)23-11-5-2-6-12-23/h1-21H. The van der Waals surface area contributed by atoms with Gasteiger partial charge in [-0.15, -0.1) is 11.3 Å². The van der Waals surface area contributed by atoms with Crippen molar-refractivity contribution in [3.63, 3.8) is 0 Å². The Labute approximate surface area is 219 Å². The summed E-state index contributed by atoms with van der Waals surface area (Å²) in [6.45, 7) is 0. The van der Waals surface area contributed by atoms with Crippen LogP contribution in [0.3, 0.4) is 0 Å². The Bertz CT molecular complexity index is 1820.